The molecule has 5 heteroatoms. The van der Waals surface area contributed by atoms with E-state index in [1.165, 1.54) is 32.2 Å². The summed E-state index contributed by atoms with van der Waals surface area (Å²) >= 11 is 0. The highest BCUT2D eigenvalue weighted by Gasteiger charge is 2.32. The predicted molar refractivity (Wildman–Crippen MR) is 115 cm³/mol. The number of benzene rings is 2. The Morgan fingerprint density at radius 2 is 1.83 bits per heavy atom. The SMILES string of the molecule is CN(C(=O)c1ccc(-n2cnc3ccccc32)cc1)C1CCCN(C2CCC2)C1. The summed E-state index contributed by atoms with van der Waals surface area (Å²) < 4.78 is 2.06. The normalized spacial score (nSPS) is 20.5. The summed E-state index contributed by atoms with van der Waals surface area (Å²) in [5, 5.41) is 0. The largest absolute Gasteiger partial charge is 0.337 e. The van der Waals surface area contributed by atoms with Gasteiger partial charge in [-0.2, -0.15) is 0 Å². The van der Waals surface area contributed by atoms with Crippen LogP contribution in [0.15, 0.2) is 54.9 Å². The fourth-order valence-corrected chi connectivity index (χ4v) is 4.68. The molecule has 1 aliphatic heterocycles. The van der Waals surface area contributed by atoms with Gasteiger partial charge in [0.1, 0.15) is 6.33 Å². The summed E-state index contributed by atoms with van der Waals surface area (Å²) in [4.78, 5) is 22.1. The lowest BCUT2D eigenvalue weighted by Gasteiger charge is -2.44. The lowest BCUT2D eigenvalue weighted by atomic mass is 9.89. The molecule has 0 bridgehead atoms. The Balaban J connectivity index is 1.31. The average molecular weight is 389 g/mol. The molecule has 29 heavy (non-hydrogen) atoms. The molecule has 1 aromatic heterocycles. The van der Waals surface area contributed by atoms with Crippen molar-refractivity contribution in [3.05, 3.63) is 60.4 Å². The molecule has 1 amide bonds. The van der Waals surface area contributed by atoms with Crippen LogP contribution in [0.2, 0.25) is 0 Å². The zero-order valence-electron chi connectivity index (χ0n) is 17.0. The third-order valence-electron chi connectivity index (χ3n) is 6.73. The Kier molecular flexibility index (Phi) is 4.84. The van der Waals surface area contributed by atoms with Gasteiger partial charge >= 0.3 is 0 Å². The van der Waals surface area contributed by atoms with Crippen LogP contribution in [0.5, 0.6) is 0 Å². The van der Waals surface area contributed by atoms with Gasteiger partial charge in [0.05, 0.1) is 11.0 Å². The second-order valence-corrected chi connectivity index (χ2v) is 8.44. The number of aromatic nitrogens is 2. The zero-order valence-corrected chi connectivity index (χ0v) is 17.0. The van der Waals surface area contributed by atoms with Gasteiger partial charge in [-0.15, -0.1) is 0 Å². The van der Waals surface area contributed by atoms with Gasteiger partial charge in [-0.3, -0.25) is 14.3 Å². The molecular formula is C24H28N4O. The summed E-state index contributed by atoms with van der Waals surface area (Å²) in [6.07, 6.45) is 8.14. The Morgan fingerprint density at radius 3 is 2.59 bits per heavy atom. The molecule has 1 unspecified atom stereocenters. The Morgan fingerprint density at radius 1 is 1.03 bits per heavy atom. The van der Waals surface area contributed by atoms with Crippen LogP contribution in [0, 0.1) is 0 Å². The Hall–Kier alpha value is -2.66. The fourth-order valence-electron chi connectivity index (χ4n) is 4.68. The van der Waals surface area contributed by atoms with Crippen LogP contribution in [0.4, 0.5) is 0 Å². The van der Waals surface area contributed by atoms with Crippen molar-refractivity contribution in [1.29, 1.82) is 0 Å². The number of carbonyl (C=O) groups excluding carboxylic acids is 1. The first-order valence-electron chi connectivity index (χ1n) is 10.7. The van der Waals surface area contributed by atoms with Crippen molar-refractivity contribution < 1.29 is 4.79 Å². The lowest BCUT2D eigenvalue weighted by molar-refractivity contribution is 0.0424. The Labute approximate surface area is 171 Å². The molecule has 2 heterocycles. The highest BCUT2D eigenvalue weighted by Crippen LogP contribution is 2.29. The van der Waals surface area contributed by atoms with Crippen LogP contribution in [0.3, 0.4) is 0 Å². The van der Waals surface area contributed by atoms with Gasteiger partial charge in [0, 0.05) is 36.9 Å². The number of nitrogens with zero attached hydrogens (tertiary/aromatic N) is 4. The molecule has 2 aromatic carbocycles. The summed E-state index contributed by atoms with van der Waals surface area (Å²) in [6.45, 7) is 2.21. The number of piperidine rings is 1. The molecule has 1 saturated carbocycles. The molecule has 2 aliphatic rings. The standard InChI is InChI=1S/C24H28N4O/c1-26(21-8-5-15-27(16-21)19-6-4-7-19)24(29)18-11-13-20(14-12-18)28-17-25-22-9-2-3-10-23(22)28/h2-3,9-14,17,19,21H,4-8,15-16H2,1H3. The maximum atomic E-state index is 13.1. The maximum Gasteiger partial charge on any atom is 0.253 e. The number of fused-ring (bicyclic) bond motifs is 1. The first-order chi connectivity index (χ1) is 14.2. The highest BCUT2D eigenvalue weighted by atomic mass is 16.2. The van der Waals surface area contributed by atoms with Crippen molar-refractivity contribution in [2.45, 2.75) is 44.2 Å². The van der Waals surface area contributed by atoms with Gasteiger partial charge in [0.25, 0.3) is 5.91 Å². The number of imidazole rings is 1. The second kappa shape index (κ2) is 7.64. The first kappa shape index (κ1) is 18.4. The van der Waals surface area contributed by atoms with Crippen molar-refractivity contribution in [2.24, 2.45) is 0 Å². The molecule has 3 aromatic rings. The number of likely N-dealkylation sites (N-methyl/N-ethyl adjacent to an activating group) is 1. The van der Waals surface area contributed by atoms with E-state index in [-0.39, 0.29) is 5.91 Å². The Bertz CT molecular complexity index is 1010. The molecule has 0 spiro atoms. The predicted octanol–water partition coefficient (Wildman–Crippen LogP) is 4.11. The smallest absolute Gasteiger partial charge is 0.253 e. The maximum absolute atomic E-state index is 13.1. The van der Waals surface area contributed by atoms with E-state index in [0.717, 1.165) is 41.3 Å². The third-order valence-corrected chi connectivity index (χ3v) is 6.73. The first-order valence-corrected chi connectivity index (χ1v) is 10.7. The zero-order chi connectivity index (χ0) is 19.8. The number of para-hydroxylation sites is 2. The van der Waals surface area contributed by atoms with Gasteiger partial charge in [-0.1, -0.05) is 18.6 Å². The van der Waals surface area contributed by atoms with E-state index in [1.807, 2.05) is 60.7 Å². The van der Waals surface area contributed by atoms with Gasteiger partial charge in [-0.05, 0) is 68.6 Å². The number of amides is 1. The van der Waals surface area contributed by atoms with Crippen molar-refractivity contribution in [2.75, 3.05) is 20.1 Å². The van der Waals surface area contributed by atoms with Crippen LogP contribution in [-0.4, -0.2) is 57.5 Å². The summed E-state index contributed by atoms with van der Waals surface area (Å²) in [7, 11) is 1.97. The fraction of sp³-hybridized carbons (Fsp3) is 0.417. The van der Waals surface area contributed by atoms with Crippen LogP contribution in [0.1, 0.15) is 42.5 Å². The highest BCUT2D eigenvalue weighted by molar-refractivity contribution is 5.94. The molecule has 0 radical (unpaired) electrons. The van der Waals surface area contributed by atoms with Crippen molar-refractivity contribution >= 4 is 16.9 Å². The second-order valence-electron chi connectivity index (χ2n) is 8.44. The van der Waals surface area contributed by atoms with Crippen LogP contribution >= 0.6 is 0 Å². The minimum absolute atomic E-state index is 0.118. The van der Waals surface area contributed by atoms with Crippen molar-refractivity contribution in [3.63, 3.8) is 0 Å². The van der Waals surface area contributed by atoms with E-state index >= 15 is 0 Å². The molecule has 150 valence electrons. The van der Waals surface area contributed by atoms with E-state index < -0.39 is 0 Å². The van der Waals surface area contributed by atoms with Crippen molar-refractivity contribution in [3.8, 4) is 5.69 Å². The average Bonchev–Trinajstić information content (AvgIpc) is 3.16. The molecule has 1 atom stereocenters. The molecule has 1 aliphatic carbocycles. The third kappa shape index (κ3) is 3.44. The lowest BCUT2D eigenvalue weighted by Crippen LogP contribution is -2.53. The van der Waals surface area contributed by atoms with Gasteiger partial charge < -0.3 is 4.90 Å². The number of rotatable bonds is 4. The number of carbonyl (C=O) groups is 1. The van der Waals surface area contributed by atoms with Gasteiger partial charge in [-0.25, -0.2) is 4.98 Å². The monoisotopic (exact) mass is 388 g/mol. The van der Waals surface area contributed by atoms with Gasteiger partial charge in [0.15, 0.2) is 0 Å². The summed E-state index contributed by atoms with van der Waals surface area (Å²) in [5.74, 6) is 0.118. The number of hydrogen-bond acceptors (Lipinski definition) is 3. The molecular weight excluding hydrogens is 360 g/mol. The minimum Gasteiger partial charge on any atom is -0.337 e. The van der Waals surface area contributed by atoms with E-state index in [1.54, 1.807) is 0 Å². The molecule has 1 saturated heterocycles. The number of hydrogen-bond donors (Lipinski definition) is 0. The van der Waals surface area contributed by atoms with E-state index in [4.69, 9.17) is 0 Å². The quantitative estimate of drug-likeness (QED) is 0.675. The van der Waals surface area contributed by atoms with E-state index in [0.29, 0.717) is 6.04 Å². The van der Waals surface area contributed by atoms with Crippen LogP contribution in [-0.2, 0) is 0 Å². The molecule has 5 nitrogen and oxygen atoms in total. The van der Waals surface area contributed by atoms with Crippen LogP contribution < -0.4 is 0 Å². The molecule has 0 N–H and O–H groups in total. The van der Waals surface area contributed by atoms with Crippen LogP contribution in [0.25, 0.3) is 16.7 Å². The summed E-state index contributed by atoms with van der Waals surface area (Å²) in [5.41, 5.74) is 3.82. The molecule has 5 rings (SSSR count). The van der Waals surface area contributed by atoms with Gasteiger partial charge in [0.2, 0.25) is 0 Å². The minimum atomic E-state index is 0.118. The number of likely N-dealkylation sites (tertiary alicyclic amines) is 1. The van der Waals surface area contributed by atoms with E-state index in [2.05, 4.69) is 20.5 Å². The topological polar surface area (TPSA) is 41.4 Å². The van der Waals surface area contributed by atoms with E-state index in [9.17, 15) is 4.79 Å². The summed E-state index contributed by atoms with van der Waals surface area (Å²) in [6, 6.07) is 17.1. The molecule has 2 fully saturated rings. The van der Waals surface area contributed by atoms with Crippen molar-refractivity contribution in [1.82, 2.24) is 19.4 Å².